The third-order valence-electron chi connectivity index (χ3n) is 4.80. The maximum atomic E-state index is 10.8. The number of aliphatic hydroxyl groups is 1. The van der Waals surface area contributed by atoms with E-state index in [0.717, 1.165) is 52.0 Å². The van der Waals surface area contributed by atoms with Crippen molar-refractivity contribution in [3.05, 3.63) is 0 Å². The van der Waals surface area contributed by atoms with E-state index in [1.54, 1.807) is 0 Å². The van der Waals surface area contributed by atoms with Crippen LogP contribution >= 0.6 is 0 Å². The lowest BCUT2D eigenvalue weighted by molar-refractivity contribution is -0.139. The van der Waals surface area contributed by atoms with Crippen LogP contribution in [0.2, 0.25) is 0 Å². The molecule has 0 aromatic carbocycles. The Morgan fingerprint density at radius 1 is 1.40 bits per heavy atom. The summed E-state index contributed by atoms with van der Waals surface area (Å²) in [6.07, 6.45) is 3.68. The molecular weight excluding hydrogens is 254 g/mol. The average molecular weight is 285 g/mol. The molecule has 4 nitrogen and oxygen atoms in total. The Morgan fingerprint density at radius 2 is 2.20 bits per heavy atom. The van der Waals surface area contributed by atoms with Crippen molar-refractivity contribution in [3.63, 3.8) is 0 Å². The van der Waals surface area contributed by atoms with E-state index in [1.165, 1.54) is 0 Å². The Labute approximate surface area is 123 Å². The summed E-state index contributed by atoms with van der Waals surface area (Å²) >= 11 is 0. The van der Waals surface area contributed by atoms with Crippen LogP contribution in [0.4, 0.5) is 0 Å². The fraction of sp³-hybridized carbons (Fsp3) is 1.00. The van der Waals surface area contributed by atoms with Gasteiger partial charge in [0.05, 0.1) is 17.8 Å². The van der Waals surface area contributed by atoms with Crippen molar-refractivity contribution < 1.29 is 14.6 Å². The molecule has 0 saturated carbocycles. The molecule has 0 aromatic heterocycles. The molecule has 0 amide bonds. The molecule has 0 bridgehead atoms. The van der Waals surface area contributed by atoms with Gasteiger partial charge in [0.15, 0.2) is 0 Å². The van der Waals surface area contributed by atoms with Crippen LogP contribution in [0, 0.1) is 11.8 Å². The zero-order chi connectivity index (χ0) is 14.6. The minimum atomic E-state index is -0.608. The fourth-order valence-electron chi connectivity index (χ4n) is 3.36. The van der Waals surface area contributed by atoms with E-state index in [0.29, 0.717) is 18.4 Å². The first kappa shape index (κ1) is 16.2. The quantitative estimate of drug-likeness (QED) is 0.733. The van der Waals surface area contributed by atoms with E-state index in [2.05, 4.69) is 19.2 Å². The van der Waals surface area contributed by atoms with Gasteiger partial charge in [0.1, 0.15) is 0 Å². The monoisotopic (exact) mass is 285 g/mol. The highest BCUT2D eigenvalue weighted by Gasteiger charge is 2.45. The summed E-state index contributed by atoms with van der Waals surface area (Å²) < 4.78 is 11.5. The molecule has 4 heteroatoms. The third kappa shape index (κ3) is 4.17. The molecule has 2 aliphatic rings. The van der Waals surface area contributed by atoms with Crippen molar-refractivity contribution >= 4 is 0 Å². The van der Waals surface area contributed by atoms with Gasteiger partial charge in [0.25, 0.3) is 0 Å². The molecular formula is C16H31NO3. The van der Waals surface area contributed by atoms with E-state index < -0.39 is 5.60 Å². The van der Waals surface area contributed by atoms with Crippen LogP contribution in [-0.4, -0.2) is 49.2 Å². The Hall–Kier alpha value is -0.160. The molecule has 2 aliphatic heterocycles. The first-order valence-corrected chi connectivity index (χ1v) is 8.08. The minimum Gasteiger partial charge on any atom is -0.390 e. The van der Waals surface area contributed by atoms with Crippen LogP contribution in [0.5, 0.6) is 0 Å². The molecule has 2 fully saturated rings. The molecule has 3 unspecified atom stereocenters. The highest BCUT2D eigenvalue weighted by molar-refractivity contribution is 4.96. The number of ether oxygens (including phenoxy) is 2. The Morgan fingerprint density at radius 3 is 2.85 bits per heavy atom. The van der Waals surface area contributed by atoms with Crippen LogP contribution in [0.3, 0.4) is 0 Å². The van der Waals surface area contributed by atoms with Crippen molar-refractivity contribution in [2.45, 2.75) is 57.7 Å². The second-order valence-corrected chi connectivity index (χ2v) is 7.23. The summed E-state index contributed by atoms with van der Waals surface area (Å²) in [6, 6.07) is 0. The summed E-state index contributed by atoms with van der Waals surface area (Å²) in [4.78, 5) is 0. The first-order valence-electron chi connectivity index (χ1n) is 8.08. The molecule has 1 spiro atoms. The molecule has 2 rings (SSSR count). The molecule has 3 atom stereocenters. The van der Waals surface area contributed by atoms with E-state index in [-0.39, 0.29) is 5.60 Å². The lowest BCUT2D eigenvalue weighted by Gasteiger charge is -2.43. The van der Waals surface area contributed by atoms with Gasteiger partial charge in [-0.2, -0.15) is 0 Å². The summed E-state index contributed by atoms with van der Waals surface area (Å²) in [5.41, 5.74) is -0.721. The van der Waals surface area contributed by atoms with Gasteiger partial charge in [-0.05, 0) is 51.1 Å². The maximum Gasteiger partial charge on any atom is 0.0940 e. The van der Waals surface area contributed by atoms with Gasteiger partial charge in [-0.25, -0.2) is 0 Å². The van der Waals surface area contributed by atoms with E-state index in [4.69, 9.17) is 9.47 Å². The van der Waals surface area contributed by atoms with E-state index in [1.807, 2.05) is 6.92 Å². The van der Waals surface area contributed by atoms with Crippen molar-refractivity contribution in [2.75, 3.05) is 32.9 Å². The van der Waals surface area contributed by atoms with Crippen molar-refractivity contribution in [3.8, 4) is 0 Å². The van der Waals surface area contributed by atoms with Crippen LogP contribution in [0.15, 0.2) is 0 Å². The van der Waals surface area contributed by atoms with Crippen LogP contribution in [0.25, 0.3) is 0 Å². The molecule has 2 saturated heterocycles. The van der Waals surface area contributed by atoms with E-state index >= 15 is 0 Å². The third-order valence-corrected chi connectivity index (χ3v) is 4.80. The standard InChI is InChI=1S/C16H31NO3/c1-13(2)11-17-7-5-15(3,18)14-4-8-20-16(10-14)6-9-19-12-16/h13-14,17-18H,4-12H2,1-3H3. The molecule has 0 aromatic rings. The smallest absolute Gasteiger partial charge is 0.0940 e. The van der Waals surface area contributed by atoms with Gasteiger partial charge in [0, 0.05) is 19.6 Å². The number of hydrogen-bond acceptors (Lipinski definition) is 4. The summed E-state index contributed by atoms with van der Waals surface area (Å²) in [7, 11) is 0. The Kier molecular flexibility index (Phi) is 5.46. The predicted molar refractivity (Wildman–Crippen MR) is 79.8 cm³/mol. The second-order valence-electron chi connectivity index (χ2n) is 7.23. The maximum absolute atomic E-state index is 10.8. The van der Waals surface area contributed by atoms with Gasteiger partial charge in [0.2, 0.25) is 0 Å². The second kappa shape index (κ2) is 6.73. The predicted octanol–water partition coefficient (Wildman–Crippen LogP) is 1.96. The van der Waals surface area contributed by atoms with Gasteiger partial charge >= 0.3 is 0 Å². The first-order chi connectivity index (χ1) is 9.44. The SMILES string of the molecule is CC(C)CNCCC(C)(O)C1CCOC2(CCOC2)C1. The Bertz CT molecular complexity index is 298. The van der Waals surface area contributed by atoms with Crippen molar-refractivity contribution in [1.82, 2.24) is 5.32 Å². The summed E-state index contributed by atoms with van der Waals surface area (Å²) in [5, 5.41) is 14.2. The highest BCUT2D eigenvalue weighted by atomic mass is 16.6. The molecule has 2 heterocycles. The van der Waals surface area contributed by atoms with Crippen LogP contribution in [-0.2, 0) is 9.47 Å². The zero-order valence-electron chi connectivity index (χ0n) is 13.3. The van der Waals surface area contributed by atoms with Crippen molar-refractivity contribution in [2.24, 2.45) is 11.8 Å². The lowest BCUT2D eigenvalue weighted by atomic mass is 9.75. The largest absolute Gasteiger partial charge is 0.390 e. The van der Waals surface area contributed by atoms with Crippen LogP contribution < -0.4 is 5.32 Å². The lowest BCUT2D eigenvalue weighted by Crippen LogP contribution is -2.48. The number of nitrogens with one attached hydrogen (secondary N) is 1. The summed E-state index contributed by atoms with van der Waals surface area (Å²) in [5.74, 6) is 0.973. The van der Waals surface area contributed by atoms with E-state index in [9.17, 15) is 5.11 Å². The average Bonchev–Trinajstić information content (AvgIpc) is 2.83. The van der Waals surface area contributed by atoms with Gasteiger partial charge in [-0.3, -0.25) is 0 Å². The van der Waals surface area contributed by atoms with Crippen molar-refractivity contribution in [1.29, 1.82) is 0 Å². The van der Waals surface area contributed by atoms with Gasteiger partial charge in [-0.1, -0.05) is 13.8 Å². The van der Waals surface area contributed by atoms with Gasteiger partial charge < -0.3 is 19.9 Å². The highest BCUT2D eigenvalue weighted by Crippen LogP contribution is 2.40. The zero-order valence-corrected chi connectivity index (χ0v) is 13.3. The minimum absolute atomic E-state index is 0.113. The molecule has 118 valence electrons. The molecule has 20 heavy (non-hydrogen) atoms. The summed E-state index contributed by atoms with van der Waals surface area (Å²) in [6.45, 7) is 10.5. The topological polar surface area (TPSA) is 50.7 Å². The van der Waals surface area contributed by atoms with Crippen LogP contribution in [0.1, 0.15) is 46.5 Å². The number of rotatable bonds is 6. The molecule has 0 radical (unpaired) electrons. The molecule has 0 aliphatic carbocycles. The normalized spacial score (nSPS) is 33.8. The van der Waals surface area contributed by atoms with Gasteiger partial charge in [-0.15, -0.1) is 0 Å². The number of hydrogen-bond donors (Lipinski definition) is 2. The molecule has 2 N–H and O–H groups in total. The fourth-order valence-corrected chi connectivity index (χ4v) is 3.36. The Balaban J connectivity index is 1.81.